The molecule has 1 atom stereocenters. The minimum absolute atomic E-state index is 0.0735. The molecule has 7 nitrogen and oxygen atoms in total. The zero-order valence-corrected chi connectivity index (χ0v) is 19.5. The van der Waals surface area contributed by atoms with Crippen molar-refractivity contribution >= 4 is 23.1 Å². The van der Waals surface area contributed by atoms with Crippen LogP contribution in [0.15, 0.2) is 47.5 Å². The van der Waals surface area contributed by atoms with Crippen molar-refractivity contribution in [3.63, 3.8) is 0 Å². The summed E-state index contributed by atoms with van der Waals surface area (Å²) in [5.41, 5.74) is 1.78. The lowest BCUT2D eigenvalue weighted by Crippen LogP contribution is -2.63. The van der Waals surface area contributed by atoms with Crippen LogP contribution in [0.3, 0.4) is 0 Å². The molecule has 32 heavy (non-hydrogen) atoms. The fourth-order valence-corrected chi connectivity index (χ4v) is 4.49. The Morgan fingerprint density at radius 2 is 1.81 bits per heavy atom. The number of nitrogens with zero attached hydrogens (tertiary/aromatic N) is 2. The largest absolute Gasteiger partial charge is 0.493 e. The van der Waals surface area contributed by atoms with E-state index in [0.29, 0.717) is 30.2 Å². The molecule has 0 unspecified atom stereocenters. The molecule has 1 amide bonds. The first-order valence-electron chi connectivity index (χ1n) is 11.0. The topological polar surface area (TPSA) is 75.2 Å². The summed E-state index contributed by atoms with van der Waals surface area (Å²) in [7, 11) is 3.14. The zero-order chi connectivity index (χ0) is 22.9. The summed E-state index contributed by atoms with van der Waals surface area (Å²) in [6.07, 6.45) is 1.74. The highest BCUT2D eigenvalue weighted by atomic mass is 16.5. The van der Waals surface area contributed by atoms with Gasteiger partial charge in [-0.25, -0.2) is 0 Å². The number of carbonyl (C=O) groups excluding carboxylic acids is 1. The summed E-state index contributed by atoms with van der Waals surface area (Å²) in [6, 6.07) is 13.5. The van der Waals surface area contributed by atoms with Gasteiger partial charge in [0.25, 0.3) is 5.91 Å². The van der Waals surface area contributed by atoms with E-state index in [9.17, 15) is 4.79 Å². The zero-order valence-electron chi connectivity index (χ0n) is 19.5. The van der Waals surface area contributed by atoms with Crippen LogP contribution in [0.25, 0.3) is 0 Å². The lowest BCUT2D eigenvalue weighted by atomic mass is 9.84. The maximum absolute atomic E-state index is 13.6. The molecule has 1 fully saturated rings. The molecule has 1 saturated heterocycles. The van der Waals surface area contributed by atoms with Crippen molar-refractivity contribution in [3.05, 3.63) is 48.0 Å². The van der Waals surface area contributed by atoms with Gasteiger partial charge in [0.15, 0.2) is 11.5 Å². The van der Waals surface area contributed by atoms with Crippen molar-refractivity contribution in [2.75, 3.05) is 37.9 Å². The highest BCUT2D eigenvalue weighted by molar-refractivity contribution is 6.10. The van der Waals surface area contributed by atoms with E-state index in [1.165, 1.54) is 0 Å². The molecule has 2 aromatic carbocycles. The number of amides is 1. The van der Waals surface area contributed by atoms with Crippen molar-refractivity contribution in [1.82, 2.24) is 4.90 Å². The van der Waals surface area contributed by atoms with E-state index in [1.807, 2.05) is 29.2 Å². The molecule has 2 aliphatic rings. The molecule has 0 aromatic heterocycles. The lowest BCUT2D eigenvalue weighted by Gasteiger charge is -2.48. The molecule has 7 heteroatoms. The van der Waals surface area contributed by atoms with Gasteiger partial charge in [0.2, 0.25) is 0 Å². The molecule has 0 saturated carbocycles. The predicted octanol–water partition coefficient (Wildman–Crippen LogP) is 4.41. The summed E-state index contributed by atoms with van der Waals surface area (Å²) >= 11 is 0. The van der Waals surface area contributed by atoms with E-state index in [0.717, 1.165) is 30.1 Å². The smallest absolute Gasteiger partial charge is 0.257 e. The number of piperidine rings is 1. The van der Waals surface area contributed by atoms with Crippen LogP contribution in [-0.4, -0.2) is 55.0 Å². The Morgan fingerprint density at radius 1 is 1.06 bits per heavy atom. The average molecular weight is 437 g/mol. The number of rotatable bonds is 3. The third kappa shape index (κ3) is 4.11. The number of fused-ring (bicyclic) bond motifs is 1. The Morgan fingerprint density at radius 3 is 2.50 bits per heavy atom. The summed E-state index contributed by atoms with van der Waals surface area (Å²) in [6.45, 7) is 7.43. The second-order valence-electron chi connectivity index (χ2n) is 9.38. The standard InChI is InChI=1S/C25H32N4O3/c1-24(2,3)28-23-25(27-19-12-7-6-11-18(19)26-23)14-9-15-29(16-25)22(30)17-10-8-13-20(31-4)21(17)32-5/h6-8,10-13,27H,9,14-16H2,1-5H3,(H,26,28)/t25-/m1/s1. The number of likely N-dealkylation sites (tertiary alicyclic amines) is 1. The predicted molar refractivity (Wildman–Crippen MR) is 128 cm³/mol. The molecule has 170 valence electrons. The van der Waals surface area contributed by atoms with Crippen LogP contribution in [0.4, 0.5) is 11.4 Å². The number of nitrogens with one attached hydrogen (secondary N) is 2. The van der Waals surface area contributed by atoms with E-state index in [-0.39, 0.29) is 11.4 Å². The van der Waals surface area contributed by atoms with Crippen LogP contribution in [0, 0.1) is 0 Å². The SMILES string of the molecule is COc1cccc(C(=O)N2CCC[C@]3(C2)Nc2ccccc2NC3=NC(C)(C)C)c1OC. The second kappa shape index (κ2) is 8.37. The molecule has 0 aliphatic carbocycles. The molecule has 4 rings (SSSR count). The molecular weight excluding hydrogens is 404 g/mol. The molecule has 0 radical (unpaired) electrons. The first kappa shape index (κ1) is 22.0. The Balaban J connectivity index is 1.71. The fourth-order valence-electron chi connectivity index (χ4n) is 4.49. The van der Waals surface area contributed by atoms with Crippen LogP contribution in [-0.2, 0) is 0 Å². The van der Waals surface area contributed by atoms with Gasteiger partial charge in [0, 0.05) is 6.54 Å². The molecule has 2 N–H and O–H groups in total. The third-order valence-corrected chi connectivity index (χ3v) is 5.87. The van der Waals surface area contributed by atoms with Gasteiger partial charge >= 0.3 is 0 Å². The van der Waals surface area contributed by atoms with E-state index in [1.54, 1.807) is 26.4 Å². The van der Waals surface area contributed by atoms with E-state index in [4.69, 9.17) is 14.5 Å². The monoisotopic (exact) mass is 436 g/mol. The Hall–Kier alpha value is -3.22. The van der Waals surface area contributed by atoms with Crippen molar-refractivity contribution in [2.24, 2.45) is 4.99 Å². The number of hydrogen-bond donors (Lipinski definition) is 2. The molecule has 2 aromatic rings. The van der Waals surface area contributed by atoms with Crippen LogP contribution in [0.2, 0.25) is 0 Å². The number of benzene rings is 2. The lowest BCUT2D eigenvalue weighted by molar-refractivity contribution is 0.0690. The minimum atomic E-state index is -0.484. The molecular formula is C25H32N4O3. The van der Waals surface area contributed by atoms with Gasteiger partial charge in [-0.05, 0) is 57.9 Å². The van der Waals surface area contributed by atoms with Crippen molar-refractivity contribution in [1.29, 1.82) is 0 Å². The number of carbonyl (C=O) groups is 1. The number of aliphatic imine (C=N–C) groups is 1. The first-order chi connectivity index (χ1) is 15.3. The van der Waals surface area contributed by atoms with Crippen LogP contribution in [0.5, 0.6) is 11.5 Å². The molecule has 1 spiro atoms. The van der Waals surface area contributed by atoms with Gasteiger partial charge < -0.3 is 25.0 Å². The van der Waals surface area contributed by atoms with Crippen LogP contribution < -0.4 is 20.1 Å². The molecule has 0 bridgehead atoms. The minimum Gasteiger partial charge on any atom is -0.493 e. The average Bonchev–Trinajstić information content (AvgIpc) is 2.77. The Bertz CT molecular complexity index is 1040. The number of methoxy groups -OCH3 is 2. The van der Waals surface area contributed by atoms with Crippen molar-refractivity contribution in [2.45, 2.75) is 44.7 Å². The normalized spacial score (nSPS) is 21.5. The number of anilines is 2. The molecule has 2 aliphatic heterocycles. The van der Waals surface area contributed by atoms with Gasteiger partial charge in [0.05, 0.1) is 43.2 Å². The van der Waals surface area contributed by atoms with E-state index < -0.39 is 5.54 Å². The van der Waals surface area contributed by atoms with Gasteiger partial charge in [-0.15, -0.1) is 0 Å². The number of amidine groups is 1. The number of para-hydroxylation sites is 3. The second-order valence-corrected chi connectivity index (χ2v) is 9.38. The summed E-state index contributed by atoms with van der Waals surface area (Å²) in [5.74, 6) is 1.81. The summed E-state index contributed by atoms with van der Waals surface area (Å²) in [5, 5.41) is 7.29. The van der Waals surface area contributed by atoms with Crippen molar-refractivity contribution < 1.29 is 14.3 Å². The number of ether oxygens (including phenoxy) is 2. The molecule has 2 heterocycles. The first-order valence-corrected chi connectivity index (χ1v) is 11.0. The maximum Gasteiger partial charge on any atom is 0.257 e. The van der Waals surface area contributed by atoms with E-state index in [2.05, 4.69) is 37.5 Å². The fraction of sp³-hybridized carbons (Fsp3) is 0.440. The summed E-state index contributed by atoms with van der Waals surface area (Å²) in [4.78, 5) is 20.5. The summed E-state index contributed by atoms with van der Waals surface area (Å²) < 4.78 is 10.9. The quantitative estimate of drug-likeness (QED) is 0.745. The maximum atomic E-state index is 13.6. The third-order valence-electron chi connectivity index (χ3n) is 5.87. The van der Waals surface area contributed by atoms with Crippen molar-refractivity contribution in [3.8, 4) is 11.5 Å². The van der Waals surface area contributed by atoms with Gasteiger partial charge in [-0.3, -0.25) is 9.79 Å². The van der Waals surface area contributed by atoms with Gasteiger partial charge in [-0.1, -0.05) is 18.2 Å². The van der Waals surface area contributed by atoms with Crippen LogP contribution in [0.1, 0.15) is 44.0 Å². The van der Waals surface area contributed by atoms with Crippen LogP contribution >= 0.6 is 0 Å². The highest BCUT2D eigenvalue weighted by Crippen LogP contribution is 2.38. The Kier molecular flexibility index (Phi) is 5.75. The van der Waals surface area contributed by atoms with Gasteiger partial charge in [-0.2, -0.15) is 0 Å². The number of hydrogen-bond acceptors (Lipinski definition) is 5. The Labute approximate surface area is 189 Å². The highest BCUT2D eigenvalue weighted by Gasteiger charge is 2.45. The van der Waals surface area contributed by atoms with E-state index >= 15 is 0 Å². The van der Waals surface area contributed by atoms with Gasteiger partial charge in [0.1, 0.15) is 11.4 Å².